The van der Waals surface area contributed by atoms with Gasteiger partial charge >= 0.3 is 0 Å². The lowest BCUT2D eigenvalue weighted by molar-refractivity contribution is 0.713. The van der Waals surface area contributed by atoms with Crippen LogP contribution in [0.5, 0.6) is 0 Å². The predicted molar refractivity (Wildman–Crippen MR) is 85.6 cm³/mol. The minimum absolute atomic E-state index is 0.983. The summed E-state index contributed by atoms with van der Waals surface area (Å²) in [5.41, 5.74) is 2.43. The fraction of sp³-hybridized carbons (Fsp3) is 0.250. The largest absolute Gasteiger partial charge is 0.340 e. The van der Waals surface area contributed by atoms with Crippen LogP contribution in [0.15, 0.2) is 65.1 Å². The van der Waals surface area contributed by atoms with Gasteiger partial charge in [0.05, 0.1) is 11.4 Å². The highest BCUT2D eigenvalue weighted by atomic mass is 32.2. The van der Waals surface area contributed by atoms with Gasteiger partial charge in [0.15, 0.2) is 0 Å². The van der Waals surface area contributed by atoms with Gasteiger partial charge in [-0.05, 0) is 38.2 Å². The molecule has 1 aromatic rings. The maximum absolute atomic E-state index is 3.96. The summed E-state index contributed by atoms with van der Waals surface area (Å²) in [6.45, 7) is 9.88. The molecule has 0 aliphatic carbocycles. The average Bonchev–Trinajstić information content (AvgIpc) is 2.46. The molecule has 0 radical (unpaired) electrons. The number of fused-ring (bicyclic) bond motifs is 1. The van der Waals surface area contributed by atoms with Crippen LogP contribution in [0.25, 0.3) is 0 Å². The monoisotopic (exact) mass is 272 g/mol. The van der Waals surface area contributed by atoms with E-state index < -0.39 is 0 Å². The number of nitrogens with zero attached hydrogens (tertiary/aromatic N) is 1. The Hall–Kier alpha value is -1.45. The second kappa shape index (κ2) is 6.64. The number of rotatable bonds is 6. The molecule has 0 fully saturated rings. The van der Waals surface area contributed by atoms with Gasteiger partial charge in [0.2, 0.25) is 0 Å². The predicted octanol–water partition coefficient (Wildman–Crippen LogP) is 3.79. The molecule has 0 saturated heterocycles. The van der Waals surface area contributed by atoms with Gasteiger partial charge in [0.25, 0.3) is 0 Å². The van der Waals surface area contributed by atoms with Gasteiger partial charge in [-0.1, -0.05) is 43.1 Å². The molecule has 1 heterocycles. The van der Waals surface area contributed by atoms with Crippen molar-refractivity contribution in [2.45, 2.75) is 11.3 Å². The molecule has 0 unspecified atom stereocenters. The number of thioether (sulfide) groups is 1. The Bertz CT molecular complexity index is 505. The molecule has 3 heteroatoms. The van der Waals surface area contributed by atoms with Crippen molar-refractivity contribution < 1.29 is 0 Å². The highest BCUT2D eigenvalue weighted by Gasteiger charge is 2.22. The lowest BCUT2D eigenvalue weighted by atomic mass is 10.2. The van der Waals surface area contributed by atoms with E-state index in [-0.39, 0.29) is 0 Å². The minimum Gasteiger partial charge on any atom is -0.340 e. The second-order valence-electron chi connectivity index (χ2n) is 4.34. The molecule has 1 aromatic carbocycles. The van der Waals surface area contributed by atoms with Gasteiger partial charge in [0, 0.05) is 16.3 Å². The molecule has 19 heavy (non-hydrogen) atoms. The summed E-state index contributed by atoms with van der Waals surface area (Å²) < 4.78 is 0. The first kappa shape index (κ1) is 14.0. The summed E-state index contributed by atoms with van der Waals surface area (Å²) in [6, 6.07) is 8.50. The van der Waals surface area contributed by atoms with Crippen LogP contribution >= 0.6 is 11.8 Å². The number of hydrogen-bond donors (Lipinski definition) is 1. The van der Waals surface area contributed by atoms with Crippen molar-refractivity contribution in [1.82, 2.24) is 5.32 Å². The van der Waals surface area contributed by atoms with Crippen molar-refractivity contribution in [3.8, 4) is 0 Å². The van der Waals surface area contributed by atoms with E-state index >= 15 is 0 Å². The summed E-state index contributed by atoms with van der Waals surface area (Å²) in [5.74, 6) is 0. The fourth-order valence-corrected chi connectivity index (χ4v) is 3.26. The molecule has 1 N–H and O–H groups in total. The third-order valence-corrected chi connectivity index (χ3v) is 4.27. The van der Waals surface area contributed by atoms with Crippen molar-refractivity contribution in [2.24, 2.45) is 0 Å². The molecule has 0 bridgehead atoms. The van der Waals surface area contributed by atoms with E-state index in [9.17, 15) is 0 Å². The maximum atomic E-state index is 3.96. The van der Waals surface area contributed by atoms with Crippen molar-refractivity contribution in [2.75, 3.05) is 25.0 Å². The zero-order chi connectivity index (χ0) is 13.7. The zero-order valence-corrected chi connectivity index (χ0v) is 12.2. The third-order valence-electron chi connectivity index (χ3n) is 3.11. The van der Waals surface area contributed by atoms with Crippen molar-refractivity contribution in [1.29, 1.82) is 0 Å². The molecule has 0 aromatic heterocycles. The Morgan fingerprint density at radius 3 is 2.74 bits per heavy atom. The Morgan fingerprint density at radius 2 is 2.05 bits per heavy atom. The van der Waals surface area contributed by atoms with Crippen molar-refractivity contribution in [3.63, 3.8) is 0 Å². The van der Waals surface area contributed by atoms with Gasteiger partial charge in [-0.2, -0.15) is 0 Å². The van der Waals surface area contributed by atoms with Crippen molar-refractivity contribution >= 4 is 17.4 Å². The number of hydrogen-bond acceptors (Lipinski definition) is 3. The molecule has 1 aliphatic heterocycles. The van der Waals surface area contributed by atoms with E-state index in [2.05, 4.69) is 47.6 Å². The Labute approximate surface area is 119 Å². The SMILES string of the molecule is C=CC1=C(C=C)N(CCCNC)c2ccccc2S1. The normalized spacial score (nSPS) is 14.3. The number of allylic oxidation sites excluding steroid dienone is 2. The van der Waals surface area contributed by atoms with Crippen LogP contribution in [0.3, 0.4) is 0 Å². The molecular formula is C16H20N2S. The second-order valence-corrected chi connectivity index (χ2v) is 5.42. The molecular weight excluding hydrogens is 252 g/mol. The summed E-state index contributed by atoms with van der Waals surface area (Å²) >= 11 is 1.77. The summed E-state index contributed by atoms with van der Waals surface area (Å²) in [6.07, 6.45) is 4.94. The zero-order valence-electron chi connectivity index (χ0n) is 11.4. The van der Waals surface area contributed by atoms with E-state index in [0.29, 0.717) is 0 Å². The summed E-state index contributed by atoms with van der Waals surface area (Å²) in [7, 11) is 1.99. The Morgan fingerprint density at radius 1 is 1.26 bits per heavy atom. The number of para-hydroxylation sites is 1. The lowest BCUT2D eigenvalue weighted by Gasteiger charge is -2.33. The van der Waals surface area contributed by atoms with Crippen LogP contribution in [-0.2, 0) is 0 Å². The first-order chi connectivity index (χ1) is 9.31. The van der Waals surface area contributed by atoms with Crippen LogP contribution < -0.4 is 10.2 Å². The van der Waals surface area contributed by atoms with Crippen LogP contribution in [0, 0.1) is 0 Å². The Balaban J connectivity index is 2.35. The highest BCUT2D eigenvalue weighted by Crippen LogP contribution is 2.43. The van der Waals surface area contributed by atoms with Crippen molar-refractivity contribution in [3.05, 3.63) is 60.2 Å². The third kappa shape index (κ3) is 2.94. The molecule has 0 amide bonds. The smallest absolute Gasteiger partial charge is 0.0552 e. The molecule has 1 aliphatic rings. The summed E-state index contributed by atoms with van der Waals surface area (Å²) in [4.78, 5) is 4.80. The highest BCUT2D eigenvalue weighted by molar-refractivity contribution is 8.03. The van der Waals surface area contributed by atoms with Gasteiger partial charge in [0.1, 0.15) is 0 Å². The minimum atomic E-state index is 0.983. The molecule has 0 atom stereocenters. The standard InChI is InChI=1S/C16H20N2S/c1-4-13-15(5-2)19-16-10-7-6-9-14(16)18(13)12-8-11-17-3/h4-7,9-10,17H,1-2,8,11-12H2,3H3. The van der Waals surface area contributed by atoms with Gasteiger partial charge in [-0.3, -0.25) is 0 Å². The van der Waals surface area contributed by atoms with E-state index in [1.165, 1.54) is 15.5 Å². The molecule has 2 rings (SSSR count). The lowest BCUT2D eigenvalue weighted by Crippen LogP contribution is -2.28. The molecule has 0 saturated carbocycles. The van der Waals surface area contributed by atoms with Crippen LogP contribution in [0.1, 0.15) is 6.42 Å². The fourth-order valence-electron chi connectivity index (χ4n) is 2.21. The molecule has 2 nitrogen and oxygen atoms in total. The van der Waals surface area contributed by atoms with Crippen LogP contribution in [0.2, 0.25) is 0 Å². The van der Waals surface area contributed by atoms with Gasteiger partial charge < -0.3 is 10.2 Å². The van der Waals surface area contributed by atoms with Crippen LogP contribution in [0.4, 0.5) is 5.69 Å². The number of anilines is 1. The van der Waals surface area contributed by atoms with E-state index in [4.69, 9.17) is 0 Å². The van der Waals surface area contributed by atoms with Crippen LogP contribution in [-0.4, -0.2) is 20.1 Å². The first-order valence-corrected chi connectivity index (χ1v) is 7.31. The Kier molecular flexibility index (Phi) is 4.88. The topological polar surface area (TPSA) is 15.3 Å². The first-order valence-electron chi connectivity index (χ1n) is 6.50. The van der Waals surface area contributed by atoms with E-state index in [1.54, 1.807) is 11.8 Å². The quantitative estimate of drug-likeness (QED) is 0.793. The molecule has 100 valence electrons. The van der Waals surface area contributed by atoms with Gasteiger partial charge in [-0.15, -0.1) is 0 Å². The van der Waals surface area contributed by atoms with E-state index in [0.717, 1.165) is 25.2 Å². The number of nitrogens with one attached hydrogen (secondary N) is 1. The van der Waals surface area contributed by atoms with E-state index in [1.807, 2.05) is 19.2 Å². The van der Waals surface area contributed by atoms with Gasteiger partial charge in [-0.25, -0.2) is 0 Å². The average molecular weight is 272 g/mol. The maximum Gasteiger partial charge on any atom is 0.0552 e. The summed E-state index contributed by atoms with van der Waals surface area (Å²) in [5, 5.41) is 3.20. The molecule has 0 spiro atoms. The number of benzene rings is 1.